The Morgan fingerprint density at radius 1 is 1.13 bits per heavy atom. The molecule has 2 N–H and O–H groups in total. The number of carbonyl (C=O) groups is 2. The van der Waals surface area contributed by atoms with Crippen LogP contribution in [0.3, 0.4) is 0 Å². The molecule has 1 aliphatic heterocycles. The molecule has 172 valence electrons. The average molecular weight is 452 g/mol. The fourth-order valence-corrected chi connectivity index (χ4v) is 5.22. The van der Waals surface area contributed by atoms with Gasteiger partial charge >= 0.3 is 0 Å². The number of amides is 2. The zero-order valence-electron chi connectivity index (χ0n) is 18.5. The first-order chi connectivity index (χ1) is 14.8. The van der Waals surface area contributed by atoms with Crippen molar-refractivity contribution in [2.24, 2.45) is 11.8 Å². The predicted molar refractivity (Wildman–Crippen MR) is 117 cm³/mol. The Labute approximate surface area is 184 Å². The zero-order chi connectivity index (χ0) is 22.6. The molecule has 3 rings (SSSR count). The molecule has 1 saturated heterocycles. The second kappa shape index (κ2) is 9.99. The van der Waals surface area contributed by atoms with Crippen molar-refractivity contribution in [2.75, 3.05) is 20.2 Å². The number of piperidine rings is 1. The largest absolute Gasteiger partial charge is 0.497 e. The number of methoxy groups -OCH3 is 1. The predicted octanol–water partition coefficient (Wildman–Crippen LogP) is 1.91. The molecule has 1 aromatic rings. The van der Waals surface area contributed by atoms with Crippen molar-refractivity contribution >= 4 is 21.8 Å². The first kappa shape index (κ1) is 23.5. The van der Waals surface area contributed by atoms with Crippen molar-refractivity contribution in [1.29, 1.82) is 0 Å². The number of ether oxygens (including phenoxy) is 1. The summed E-state index contributed by atoms with van der Waals surface area (Å²) in [7, 11) is -2.09. The van der Waals surface area contributed by atoms with Gasteiger partial charge in [-0.15, -0.1) is 0 Å². The van der Waals surface area contributed by atoms with Crippen LogP contribution in [0.1, 0.15) is 46.0 Å². The molecular formula is C22H33N3O5S. The Bertz CT molecular complexity index is 875. The SMILES string of the molecule is CCC(C)C(NC(=O)C1CCN(S(=O)(=O)c2ccc(OC)cc2)CC1)C(=O)NC1CC1. The maximum absolute atomic E-state index is 12.9. The standard InChI is InChI=1S/C22H33N3O5S/c1-4-15(2)20(22(27)23-17-5-6-17)24-21(26)16-11-13-25(14-12-16)31(28,29)19-9-7-18(30-3)8-10-19/h7-10,15-17,20H,4-6,11-14H2,1-3H3,(H,23,27)(H,24,26). The molecule has 9 heteroatoms. The number of benzene rings is 1. The van der Waals surface area contributed by atoms with Gasteiger partial charge in [-0.3, -0.25) is 9.59 Å². The minimum Gasteiger partial charge on any atom is -0.497 e. The van der Waals surface area contributed by atoms with E-state index in [1.165, 1.54) is 23.5 Å². The highest BCUT2D eigenvalue weighted by molar-refractivity contribution is 7.89. The van der Waals surface area contributed by atoms with E-state index in [1.807, 2.05) is 13.8 Å². The summed E-state index contributed by atoms with van der Waals surface area (Å²) in [6, 6.07) is 5.98. The topological polar surface area (TPSA) is 105 Å². The Morgan fingerprint density at radius 3 is 2.26 bits per heavy atom. The lowest BCUT2D eigenvalue weighted by atomic mass is 9.94. The zero-order valence-corrected chi connectivity index (χ0v) is 19.3. The molecular weight excluding hydrogens is 418 g/mol. The molecule has 2 atom stereocenters. The van der Waals surface area contributed by atoms with E-state index in [9.17, 15) is 18.0 Å². The molecule has 0 radical (unpaired) electrons. The van der Waals surface area contributed by atoms with E-state index in [1.54, 1.807) is 12.1 Å². The van der Waals surface area contributed by atoms with E-state index in [0.717, 1.165) is 19.3 Å². The lowest BCUT2D eigenvalue weighted by Gasteiger charge is -2.32. The maximum atomic E-state index is 12.9. The van der Waals surface area contributed by atoms with E-state index >= 15 is 0 Å². The smallest absolute Gasteiger partial charge is 0.243 e. The van der Waals surface area contributed by atoms with E-state index in [4.69, 9.17) is 4.74 Å². The summed E-state index contributed by atoms with van der Waals surface area (Å²) in [5.41, 5.74) is 0. The molecule has 1 saturated carbocycles. The Morgan fingerprint density at radius 2 is 1.74 bits per heavy atom. The van der Waals surface area contributed by atoms with Crippen molar-refractivity contribution in [3.63, 3.8) is 0 Å². The van der Waals surface area contributed by atoms with Crippen LogP contribution in [0.2, 0.25) is 0 Å². The molecule has 0 spiro atoms. The van der Waals surface area contributed by atoms with Crippen molar-refractivity contribution in [1.82, 2.24) is 14.9 Å². The van der Waals surface area contributed by atoms with Crippen LogP contribution in [0.15, 0.2) is 29.2 Å². The van der Waals surface area contributed by atoms with Crippen LogP contribution in [-0.2, 0) is 19.6 Å². The number of carbonyl (C=O) groups excluding carboxylic acids is 2. The van der Waals surface area contributed by atoms with Crippen LogP contribution in [0.25, 0.3) is 0 Å². The molecule has 0 aromatic heterocycles. The molecule has 1 aromatic carbocycles. The van der Waals surface area contributed by atoms with Crippen molar-refractivity contribution in [2.45, 2.75) is 62.9 Å². The Hall–Kier alpha value is -2.13. The summed E-state index contributed by atoms with van der Waals surface area (Å²) in [6.45, 7) is 4.50. The number of nitrogens with zero attached hydrogens (tertiary/aromatic N) is 1. The van der Waals surface area contributed by atoms with Gasteiger partial charge in [-0.2, -0.15) is 4.31 Å². The van der Waals surface area contributed by atoms with E-state index in [0.29, 0.717) is 18.6 Å². The van der Waals surface area contributed by atoms with Crippen LogP contribution in [0, 0.1) is 11.8 Å². The van der Waals surface area contributed by atoms with E-state index in [-0.39, 0.29) is 47.7 Å². The normalized spacial score (nSPS) is 20.0. The van der Waals surface area contributed by atoms with Crippen molar-refractivity contribution < 1.29 is 22.7 Å². The van der Waals surface area contributed by atoms with Gasteiger partial charge < -0.3 is 15.4 Å². The monoisotopic (exact) mass is 451 g/mol. The lowest BCUT2D eigenvalue weighted by molar-refractivity contribution is -0.133. The number of rotatable bonds is 9. The third kappa shape index (κ3) is 5.77. The second-order valence-corrected chi connectivity index (χ2v) is 10.4. The average Bonchev–Trinajstić information content (AvgIpc) is 3.60. The molecule has 0 bridgehead atoms. The highest BCUT2D eigenvalue weighted by atomic mass is 32.2. The molecule has 2 amide bonds. The van der Waals surface area contributed by atoms with Gasteiger partial charge in [0.2, 0.25) is 21.8 Å². The number of hydrogen-bond acceptors (Lipinski definition) is 5. The lowest BCUT2D eigenvalue weighted by Crippen LogP contribution is -2.53. The first-order valence-electron chi connectivity index (χ1n) is 11.0. The van der Waals surface area contributed by atoms with Gasteiger partial charge in [0.15, 0.2) is 0 Å². The third-order valence-corrected chi connectivity index (χ3v) is 8.15. The van der Waals surface area contributed by atoms with E-state index < -0.39 is 16.1 Å². The first-order valence-corrected chi connectivity index (χ1v) is 12.4. The van der Waals surface area contributed by atoms with Crippen LogP contribution < -0.4 is 15.4 Å². The summed E-state index contributed by atoms with van der Waals surface area (Å²) in [5.74, 6) is 0.0270. The van der Waals surface area contributed by atoms with Crippen LogP contribution in [0.5, 0.6) is 5.75 Å². The van der Waals surface area contributed by atoms with Gasteiger partial charge in [-0.05, 0) is 55.9 Å². The maximum Gasteiger partial charge on any atom is 0.243 e. The minimum absolute atomic E-state index is 0.0261. The molecule has 8 nitrogen and oxygen atoms in total. The third-order valence-electron chi connectivity index (χ3n) is 6.24. The van der Waals surface area contributed by atoms with Crippen LogP contribution in [-0.4, -0.2) is 56.8 Å². The minimum atomic E-state index is -3.61. The molecule has 2 unspecified atom stereocenters. The highest BCUT2D eigenvalue weighted by Gasteiger charge is 2.35. The summed E-state index contributed by atoms with van der Waals surface area (Å²) in [5, 5.41) is 5.92. The van der Waals surface area contributed by atoms with Gasteiger partial charge in [-0.25, -0.2) is 8.42 Å². The molecule has 2 fully saturated rings. The number of sulfonamides is 1. The summed E-state index contributed by atoms with van der Waals surface area (Å²) >= 11 is 0. The molecule has 31 heavy (non-hydrogen) atoms. The Kier molecular flexibility index (Phi) is 7.59. The fourth-order valence-electron chi connectivity index (χ4n) is 3.75. The molecule has 1 aliphatic carbocycles. The van der Waals surface area contributed by atoms with Gasteiger partial charge in [0, 0.05) is 25.0 Å². The van der Waals surface area contributed by atoms with Crippen molar-refractivity contribution in [3.05, 3.63) is 24.3 Å². The molecule has 1 heterocycles. The van der Waals surface area contributed by atoms with Gasteiger partial charge in [-0.1, -0.05) is 20.3 Å². The highest BCUT2D eigenvalue weighted by Crippen LogP contribution is 2.26. The summed E-state index contributed by atoms with van der Waals surface area (Å²) < 4.78 is 32.3. The van der Waals surface area contributed by atoms with Crippen LogP contribution >= 0.6 is 0 Å². The van der Waals surface area contributed by atoms with Crippen molar-refractivity contribution in [3.8, 4) is 5.75 Å². The number of hydrogen-bond donors (Lipinski definition) is 2. The van der Waals surface area contributed by atoms with Gasteiger partial charge in [0.25, 0.3) is 0 Å². The number of nitrogens with one attached hydrogen (secondary N) is 2. The summed E-state index contributed by atoms with van der Waals surface area (Å²) in [4.78, 5) is 25.6. The molecule has 2 aliphatic rings. The van der Waals surface area contributed by atoms with Gasteiger partial charge in [0.05, 0.1) is 12.0 Å². The second-order valence-electron chi connectivity index (χ2n) is 8.51. The summed E-state index contributed by atoms with van der Waals surface area (Å²) in [6.07, 6.45) is 3.63. The van der Waals surface area contributed by atoms with Crippen LogP contribution in [0.4, 0.5) is 0 Å². The van der Waals surface area contributed by atoms with Gasteiger partial charge in [0.1, 0.15) is 11.8 Å². The Balaban J connectivity index is 1.58. The fraction of sp³-hybridized carbons (Fsp3) is 0.636. The van der Waals surface area contributed by atoms with E-state index in [2.05, 4.69) is 10.6 Å². The quantitative estimate of drug-likeness (QED) is 0.597.